The first kappa shape index (κ1) is 34.3. The Bertz CT molecular complexity index is 2270. The molecular formula is C29H24N5O11S2-. The lowest BCUT2D eigenvalue weighted by Gasteiger charge is -2.12. The van der Waals surface area contributed by atoms with E-state index in [4.69, 9.17) is 0 Å². The maximum atomic E-state index is 13.4. The number of ketones is 2. The summed E-state index contributed by atoms with van der Waals surface area (Å²) < 4.78 is 66.7. The molecule has 0 saturated heterocycles. The van der Waals surface area contributed by atoms with E-state index in [1.807, 2.05) is 0 Å². The predicted molar refractivity (Wildman–Crippen MR) is 167 cm³/mol. The maximum Gasteiger partial charge on any atom is 0.296 e. The smallest absolute Gasteiger partial charge is 0.296 e. The van der Waals surface area contributed by atoms with Gasteiger partial charge in [-0.2, -0.15) is 26.9 Å². The number of carbonyl (C=O) groups excluding carboxylic acids is 3. The SMILES string of the molecule is CN=C([O-])C(=C\C=C1\C(=O)N(c2cccc(S(=O)(=O)O)c2)N=C1C(C)=O)/C=C/c1c(C(C)=O)[nH]n(-c2ccccc2S(=O)(=O)O)c1=O. The molecule has 0 unspecified atom stereocenters. The molecule has 0 aliphatic carbocycles. The van der Waals surface area contributed by atoms with Gasteiger partial charge in [-0.15, -0.1) is 0 Å². The quantitative estimate of drug-likeness (QED) is 0.0682. The number of H-pyrrole nitrogens is 1. The van der Waals surface area contributed by atoms with Crippen LogP contribution < -0.4 is 15.7 Å². The molecule has 0 saturated carbocycles. The van der Waals surface area contributed by atoms with Crippen LogP contribution in [0.4, 0.5) is 5.69 Å². The molecule has 0 radical (unpaired) electrons. The Balaban J connectivity index is 1.81. The van der Waals surface area contributed by atoms with Crippen molar-refractivity contribution >= 4 is 61.1 Å². The molecular weight excluding hydrogens is 658 g/mol. The Labute approximate surface area is 266 Å². The highest BCUT2D eigenvalue weighted by molar-refractivity contribution is 7.86. The van der Waals surface area contributed by atoms with Crippen molar-refractivity contribution < 1.29 is 45.4 Å². The first-order chi connectivity index (χ1) is 21.9. The van der Waals surface area contributed by atoms with Gasteiger partial charge in [0.05, 0.1) is 27.4 Å². The fourth-order valence-corrected chi connectivity index (χ4v) is 5.55. The number of nitrogens with one attached hydrogen (secondary N) is 1. The van der Waals surface area contributed by atoms with E-state index in [0.717, 1.165) is 66.0 Å². The number of allylic oxidation sites excluding steroid dienone is 2. The van der Waals surface area contributed by atoms with Crippen LogP contribution in [0.5, 0.6) is 0 Å². The standard InChI is InChI=1S/C29H25N5O11S2/c1-16(35)25-21(28(38)33(31-25)19-7-6-8-20(15-19)46(40,41)42)13-11-18(27(37)30-3)12-14-22-26(17(2)36)32-34(29(22)39)23-9-4-5-10-24(23)47(43,44)45/h4-15,32H,1-3H3,(H,30,37)(H,40,41,42)(H,43,44,45)/p-1/b14-12+,18-11-,21-13+. The minimum atomic E-state index is -4.78. The topological polar surface area (TPSA) is 249 Å². The number of hydrazone groups is 1. The summed E-state index contributed by atoms with van der Waals surface area (Å²) in [7, 11) is -8.25. The number of nitrogens with zero attached hydrogens (tertiary/aromatic N) is 4. The Morgan fingerprint density at radius 2 is 1.66 bits per heavy atom. The number of aliphatic imine (C=N–C) groups is 1. The largest absolute Gasteiger partial charge is 0.859 e. The highest BCUT2D eigenvalue weighted by atomic mass is 32.2. The molecule has 1 aliphatic heterocycles. The molecule has 16 nitrogen and oxygen atoms in total. The molecule has 1 aromatic heterocycles. The Kier molecular flexibility index (Phi) is 9.52. The lowest BCUT2D eigenvalue weighted by atomic mass is 10.1. The number of hydrogen-bond acceptors (Lipinski definition) is 11. The molecule has 2 heterocycles. The van der Waals surface area contributed by atoms with Crippen molar-refractivity contribution in [3.05, 3.63) is 99.5 Å². The summed E-state index contributed by atoms with van der Waals surface area (Å²) in [5.41, 5.74) is -2.72. The summed E-state index contributed by atoms with van der Waals surface area (Å²) in [5, 5.41) is 19.9. The molecule has 3 aromatic rings. The van der Waals surface area contributed by atoms with Gasteiger partial charge in [-0.25, -0.2) is 4.68 Å². The number of carbonyl (C=O) groups is 3. The van der Waals surface area contributed by atoms with Gasteiger partial charge in [0.2, 0.25) is 0 Å². The number of benzene rings is 2. The van der Waals surface area contributed by atoms with Crippen LogP contribution in [0.1, 0.15) is 29.9 Å². The van der Waals surface area contributed by atoms with E-state index in [0.29, 0.717) is 0 Å². The molecule has 0 spiro atoms. The van der Waals surface area contributed by atoms with Crippen LogP contribution in [0.2, 0.25) is 0 Å². The van der Waals surface area contributed by atoms with Crippen LogP contribution >= 0.6 is 0 Å². The number of anilines is 1. The number of rotatable bonds is 10. The van der Waals surface area contributed by atoms with E-state index in [2.05, 4.69) is 15.2 Å². The fraction of sp³-hybridized carbons (Fsp3) is 0.103. The van der Waals surface area contributed by atoms with Gasteiger partial charge >= 0.3 is 0 Å². The van der Waals surface area contributed by atoms with Crippen LogP contribution in [0.3, 0.4) is 0 Å². The zero-order chi connectivity index (χ0) is 34.8. The third kappa shape index (κ3) is 7.15. The van der Waals surface area contributed by atoms with Gasteiger partial charge in [-0.1, -0.05) is 30.4 Å². The van der Waals surface area contributed by atoms with E-state index in [-0.39, 0.29) is 39.5 Å². The molecule has 0 atom stereocenters. The second-order valence-electron chi connectivity index (χ2n) is 9.70. The highest BCUT2D eigenvalue weighted by Crippen LogP contribution is 2.27. The normalized spacial score (nSPS) is 15.5. The van der Waals surface area contributed by atoms with Crippen LogP contribution in [0.25, 0.3) is 11.8 Å². The molecule has 18 heteroatoms. The van der Waals surface area contributed by atoms with Gasteiger partial charge in [0.1, 0.15) is 16.3 Å². The van der Waals surface area contributed by atoms with E-state index < -0.39 is 59.0 Å². The average Bonchev–Trinajstić information content (AvgIpc) is 3.52. The summed E-state index contributed by atoms with van der Waals surface area (Å²) in [4.78, 5) is 53.8. The number of aromatic nitrogens is 2. The first-order valence-corrected chi connectivity index (χ1v) is 16.0. The van der Waals surface area contributed by atoms with Crippen molar-refractivity contribution in [2.75, 3.05) is 12.1 Å². The molecule has 4 rings (SSSR count). The zero-order valence-electron chi connectivity index (χ0n) is 24.6. The lowest BCUT2D eigenvalue weighted by molar-refractivity contribution is -0.213. The first-order valence-electron chi connectivity index (χ1n) is 13.1. The number of Topliss-reactive ketones (excluding diaryl/α,β-unsaturated/α-hetero) is 2. The number of para-hydroxylation sites is 1. The van der Waals surface area contributed by atoms with Gasteiger partial charge in [0.15, 0.2) is 11.6 Å². The summed E-state index contributed by atoms with van der Waals surface area (Å²) in [5.74, 6) is -3.02. The third-order valence-corrected chi connectivity index (χ3v) is 8.29. The van der Waals surface area contributed by atoms with Crippen LogP contribution in [-0.2, 0) is 29.8 Å². The Morgan fingerprint density at radius 1 is 0.979 bits per heavy atom. The molecule has 2 aromatic carbocycles. The van der Waals surface area contributed by atoms with Crippen molar-refractivity contribution in [1.29, 1.82) is 0 Å². The molecule has 3 N–H and O–H groups in total. The Hall–Kier alpha value is -5.56. The van der Waals surface area contributed by atoms with E-state index >= 15 is 0 Å². The zero-order valence-corrected chi connectivity index (χ0v) is 26.2. The summed E-state index contributed by atoms with van der Waals surface area (Å²) in [6.45, 7) is 2.25. The van der Waals surface area contributed by atoms with Gasteiger partial charge in [0, 0.05) is 20.9 Å². The third-order valence-electron chi connectivity index (χ3n) is 6.54. The van der Waals surface area contributed by atoms with Gasteiger partial charge in [-0.05, 0) is 54.0 Å². The predicted octanol–water partition coefficient (Wildman–Crippen LogP) is 1.11. The maximum absolute atomic E-state index is 13.4. The van der Waals surface area contributed by atoms with Crippen LogP contribution in [-0.4, -0.2) is 71.9 Å². The van der Waals surface area contributed by atoms with Crippen molar-refractivity contribution in [1.82, 2.24) is 9.78 Å². The summed E-state index contributed by atoms with van der Waals surface area (Å²) >= 11 is 0. The number of aromatic amines is 1. The van der Waals surface area contributed by atoms with E-state index in [9.17, 15) is 50.2 Å². The highest BCUT2D eigenvalue weighted by Gasteiger charge is 2.33. The van der Waals surface area contributed by atoms with Crippen molar-refractivity contribution in [2.45, 2.75) is 23.6 Å². The van der Waals surface area contributed by atoms with Gasteiger partial charge < -0.3 is 10.1 Å². The molecule has 0 bridgehead atoms. The van der Waals surface area contributed by atoms with Crippen LogP contribution in [0, 0.1) is 0 Å². The molecule has 1 amide bonds. The van der Waals surface area contributed by atoms with E-state index in [1.54, 1.807) is 0 Å². The lowest BCUT2D eigenvalue weighted by Crippen LogP contribution is -2.22. The van der Waals surface area contributed by atoms with Gasteiger partial charge in [0.25, 0.3) is 31.7 Å². The second-order valence-corrected chi connectivity index (χ2v) is 12.5. The average molecular weight is 683 g/mol. The minimum absolute atomic E-state index is 0.0907. The number of amides is 1. The summed E-state index contributed by atoms with van der Waals surface area (Å²) in [6.07, 6.45) is 4.36. The van der Waals surface area contributed by atoms with Crippen molar-refractivity contribution in [3.63, 3.8) is 0 Å². The minimum Gasteiger partial charge on any atom is -0.859 e. The Morgan fingerprint density at radius 3 is 2.26 bits per heavy atom. The van der Waals surface area contributed by atoms with E-state index in [1.165, 1.54) is 37.4 Å². The second kappa shape index (κ2) is 13.0. The van der Waals surface area contributed by atoms with Crippen LogP contribution in [0.15, 0.2) is 103 Å². The van der Waals surface area contributed by atoms with Gasteiger partial charge in [-0.3, -0.25) is 33.4 Å². The molecule has 47 heavy (non-hydrogen) atoms. The fourth-order valence-electron chi connectivity index (χ4n) is 4.35. The molecule has 1 aliphatic rings. The molecule has 0 fully saturated rings. The van der Waals surface area contributed by atoms with Crippen molar-refractivity contribution in [2.24, 2.45) is 10.1 Å². The monoisotopic (exact) mass is 682 g/mol. The van der Waals surface area contributed by atoms with Crippen molar-refractivity contribution in [3.8, 4) is 5.69 Å². The number of hydrogen-bond donors (Lipinski definition) is 3. The molecule has 244 valence electrons. The summed E-state index contributed by atoms with van der Waals surface area (Å²) in [6, 6.07) is 9.56.